The summed E-state index contributed by atoms with van der Waals surface area (Å²) in [6.07, 6.45) is 2.11. The molecule has 2 atom stereocenters. The average Bonchev–Trinajstić information content (AvgIpc) is 3.38. The molecule has 1 aliphatic heterocycles. The summed E-state index contributed by atoms with van der Waals surface area (Å²) in [5.74, 6) is 1.93. The van der Waals surface area contributed by atoms with E-state index in [1.54, 1.807) is 19.1 Å². The van der Waals surface area contributed by atoms with Gasteiger partial charge in [0.25, 0.3) is 5.91 Å². The van der Waals surface area contributed by atoms with Crippen LogP contribution in [0.5, 0.6) is 11.5 Å². The van der Waals surface area contributed by atoms with Gasteiger partial charge < -0.3 is 9.47 Å². The van der Waals surface area contributed by atoms with Crippen LogP contribution < -0.4 is 14.4 Å². The Morgan fingerprint density at radius 3 is 2.33 bits per heavy atom. The lowest BCUT2D eigenvalue weighted by Crippen LogP contribution is -2.42. The van der Waals surface area contributed by atoms with Crippen molar-refractivity contribution < 1.29 is 14.3 Å². The molecule has 3 aromatic carbocycles. The van der Waals surface area contributed by atoms with Gasteiger partial charge in [0.2, 0.25) is 5.95 Å². The average molecular weight is 441 g/mol. The quantitative estimate of drug-likeness (QED) is 0.451. The summed E-state index contributed by atoms with van der Waals surface area (Å²) in [5.41, 5.74) is 2.59. The van der Waals surface area contributed by atoms with Crippen LogP contribution in [0.25, 0.3) is 0 Å². The smallest absolute Gasteiger partial charge is 0.261 e. The molecule has 2 heterocycles. The van der Waals surface area contributed by atoms with Gasteiger partial charge in [-0.05, 0) is 42.3 Å². The maximum absolute atomic E-state index is 13.7. The lowest BCUT2D eigenvalue weighted by Gasteiger charge is -2.39. The molecule has 1 aromatic heterocycles. The predicted octanol–water partition coefficient (Wildman–Crippen LogP) is 4.68. The molecular formula is C26H24N4O3. The number of amides is 1. The number of carbonyl (C=O) groups is 1. The van der Waals surface area contributed by atoms with Crippen LogP contribution in [0.1, 0.15) is 40.0 Å². The number of anilines is 1. The first-order chi connectivity index (χ1) is 16.2. The minimum Gasteiger partial charge on any atom is -0.497 e. The number of carbonyl (C=O) groups excluding carboxylic acids is 1. The molecule has 0 spiro atoms. The van der Waals surface area contributed by atoms with E-state index in [1.807, 2.05) is 83.5 Å². The fourth-order valence-corrected chi connectivity index (χ4v) is 4.46. The van der Waals surface area contributed by atoms with Gasteiger partial charge in [0.15, 0.2) is 0 Å². The van der Waals surface area contributed by atoms with Crippen molar-refractivity contribution >= 4 is 11.9 Å². The second kappa shape index (κ2) is 8.78. The number of fused-ring (bicyclic) bond motifs is 1. The van der Waals surface area contributed by atoms with Crippen LogP contribution in [-0.4, -0.2) is 34.9 Å². The molecule has 166 valence electrons. The van der Waals surface area contributed by atoms with E-state index in [9.17, 15) is 4.79 Å². The molecule has 0 N–H and O–H groups in total. The number of benzene rings is 3. The molecule has 0 aliphatic carbocycles. The first-order valence-corrected chi connectivity index (χ1v) is 10.8. The van der Waals surface area contributed by atoms with Gasteiger partial charge in [-0.1, -0.05) is 48.5 Å². The number of hydrogen-bond donors (Lipinski definition) is 0. The molecule has 7 heteroatoms. The van der Waals surface area contributed by atoms with Gasteiger partial charge in [-0.2, -0.15) is 10.1 Å². The predicted molar refractivity (Wildman–Crippen MR) is 125 cm³/mol. The van der Waals surface area contributed by atoms with Gasteiger partial charge in [0.1, 0.15) is 17.8 Å². The van der Waals surface area contributed by atoms with Gasteiger partial charge in [-0.3, -0.25) is 9.69 Å². The van der Waals surface area contributed by atoms with Crippen LogP contribution in [0.2, 0.25) is 0 Å². The van der Waals surface area contributed by atoms with Crippen molar-refractivity contribution in [1.82, 2.24) is 14.8 Å². The fourth-order valence-electron chi connectivity index (χ4n) is 4.46. The van der Waals surface area contributed by atoms with Crippen molar-refractivity contribution in [2.24, 2.45) is 0 Å². The number of rotatable bonds is 5. The summed E-state index contributed by atoms with van der Waals surface area (Å²) in [7, 11) is 3.30. The monoisotopic (exact) mass is 440 g/mol. The normalized spacial score (nSPS) is 17.3. The third-order valence-electron chi connectivity index (χ3n) is 6.06. The Morgan fingerprint density at radius 1 is 0.879 bits per heavy atom. The van der Waals surface area contributed by atoms with E-state index in [2.05, 4.69) is 10.1 Å². The number of methoxy groups -OCH3 is 2. The Balaban J connectivity index is 1.66. The number of ether oxygens (including phenoxy) is 2. The lowest BCUT2D eigenvalue weighted by atomic mass is 9.91. The van der Waals surface area contributed by atoms with Gasteiger partial charge in [-0.15, -0.1) is 0 Å². The van der Waals surface area contributed by atoms with Crippen molar-refractivity contribution in [2.75, 3.05) is 19.1 Å². The number of aromatic nitrogens is 3. The maximum Gasteiger partial charge on any atom is 0.261 e. The Hall–Kier alpha value is -4.13. The van der Waals surface area contributed by atoms with E-state index in [1.165, 1.54) is 6.33 Å². The molecule has 4 aromatic rings. The number of para-hydroxylation sites is 1. The third-order valence-corrected chi connectivity index (χ3v) is 6.06. The van der Waals surface area contributed by atoms with Gasteiger partial charge in [-0.25, -0.2) is 4.68 Å². The summed E-state index contributed by atoms with van der Waals surface area (Å²) >= 11 is 0. The molecule has 0 fully saturated rings. The molecule has 0 radical (unpaired) electrons. The molecule has 0 unspecified atom stereocenters. The topological polar surface area (TPSA) is 69.5 Å². The Labute approximate surface area is 192 Å². The lowest BCUT2D eigenvalue weighted by molar-refractivity contribution is 0.0963. The summed E-state index contributed by atoms with van der Waals surface area (Å²) in [6.45, 7) is 0. The van der Waals surface area contributed by atoms with E-state index in [4.69, 9.17) is 9.47 Å². The molecule has 7 nitrogen and oxygen atoms in total. The number of hydrogen-bond acceptors (Lipinski definition) is 5. The standard InChI is InChI=1S/C26H24N4O3/c1-32-20-14-12-18(13-15-20)22-16-23(21-10-6-7-11-24(21)33-2)30-26(27-17-28-30)29(22)25(31)19-8-4-3-5-9-19/h3-15,17,22-23H,16H2,1-2H3/t22-,23-/m0/s1. The van der Waals surface area contributed by atoms with Gasteiger partial charge in [0, 0.05) is 11.1 Å². The zero-order valence-electron chi connectivity index (χ0n) is 18.5. The zero-order chi connectivity index (χ0) is 22.8. The van der Waals surface area contributed by atoms with Gasteiger partial charge in [0.05, 0.1) is 26.3 Å². The van der Waals surface area contributed by atoms with Crippen molar-refractivity contribution in [2.45, 2.75) is 18.5 Å². The minimum absolute atomic E-state index is 0.121. The summed E-state index contributed by atoms with van der Waals surface area (Å²) in [4.78, 5) is 20.0. The number of nitrogens with zero attached hydrogens (tertiary/aromatic N) is 4. The van der Waals surface area contributed by atoms with Crippen LogP contribution in [0, 0.1) is 0 Å². The molecule has 33 heavy (non-hydrogen) atoms. The van der Waals surface area contributed by atoms with Crippen LogP contribution in [0.4, 0.5) is 5.95 Å². The second-order valence-corrected chi connectivity index (χ2v) is 7.83. The van der Waals surface area contributed by atoms with E-state index in [-0.39, 0.29) is 18.0 Å². The highest BCUT2D eigenvalue weighted by molar-refractivity contribution is 6.05. The van der Waals surface area contributed by atoms with E-state index >= 15 is 0 Å². The van der Waals surface area contributed by atoms with Crippen LogP contribution in [0.15, 0.2) is 85.2 Å². The van der Waals surface area contributed by atoms with Crippen LogP contribution in [0.3, 0.4) is 0 Å². The fraction of sp³-hybridized carbons (Fsp3) is 0.192. The summed E-state index contributed by atoms with van der Waals surface area (Å²) in [6, 6.07) is 24.6. The molecule has 0 saturated carbocycles. The third kappa shape index (κ3) is 3.71. The first-order valence-electron chi connectivity index (χ1n) is 10.8. The Kier molecular flexibility index (Phi) is 5.52. The van der Waals surface area contributed by atoms with E-state index in [0.29, 0.717) is 17.9 Å². The van der Waals surface area contributed by atoms with E-state index in [0.717, 1.165) is 22.6 Å². The van der Waals surface area contributed by atoms with Gasteiger partial charge >= 0.3 is 0 Å². The molecule has 0 saturated heterocycles. The molecular weight excluding hydrogens is 416 g/mol. The Bertz CT molecular complexity index is 1250. The molecule has 1 amide bonds. The van der Waals surface area contributed by atoms with Crippen molar-refractivity contribution in [3.05, 3.63) is 102 Å². The maximum atomic E-state index is 13.7. The van der Waals surface area contributed by atoms with Crippen molar-refractivity contribution in [3.63, 3.8) is 0 Å². The van der Waals surface area contributed by atoms with Crippen molar-refractivity contribution in [3.8, 4) is 11.5 Å². The van der Waals surface area contributed by atoms with Crippen LogP contribution in [-0.2, 0) is 0 Å². The molecule has 1 aliphatic rings. The molecule has 5 rings (SSSR count). The van der Waals surface area contributed by atoms with Crippen LogP contribution >= 0.6 is 0 Å². The first kappa shape index (κ1) is 20.8. The second-order valence-electron chi connectivity index (χ2n) is 7.83. The summed E-state index contributed by atoms with van der Waals surface area (Å²) in [5, 5.41) is 4.51. The SMILES string of the molecule is COc1ccc([C@@H]2C[C@@H](c3ccccc3OC)n3ncnc3N2C(=O)c2ccccc2)cc1. The minimum atomic E-state index is -0.254. The van der Waals surface area contributed by atoms with E-state index < -0.39 is 0 Å². The largest absolute Gasteiger partial charge is 0.497 e. The highest BCUT2D eigenvalue weighted by Crippen LogP contribution is 2.44. The summed E-state index contributed by atoms with van der Waals surface area (Å²) < 4.78 is 12.8. The highest BCUT2D eigenvalue weighted by Gasteiger charge is 2.40. The molecule has 0 bridgehead atoms. The van der Waals surface area contributed by atoms with Crippen molar-refractivity contribution in [1.29, 1.82) is 0 Å². The zero-order valence-corrected chi connectivity index (χ0v) is 18.5. The highest BCUT2D eigenvalue weighted by atomic mass is 16.5. The Morgan fingerprint density at radius 2 is 1.61 bits per heavy atom.